The first-order valence-electron chi connectivity index (χ1n) is 8.25. The fraction of sp³-hybridized carbons (Fsp3) is 0.368. The van der Waals surface area contributed by atoms with Crippen molar-refractivity contribution in [3.63, 3.8) is 0 Å². The number of nitrogens with one attached hydrogen (secondary N) is 1. The van der Waals surface area contributed by atoms with Gasteiger partial charge in [0.15, 0.2) is 11.6 Å². The first-order chi connectivity index (χ1) is 11.7. The third-order valence-corrected chi connectivity index (χ3v) is 4.27. The molecule has 2 aromatic carbocycles. The van der Waals surface area contributed by atoms with Crippen molar-refractivity contribution in [3.8, 4) is 11.5 Å². The minimum Gasteiger partial charge on any atom is -0.454 e. The number of aliphatic hydroxyl groups excluding tert-OH is 1. The van der Waals surface area contributed by atoms with Crippen molar-refractivity contribution in [1.82, 2.24) is 10.2 Å². The second-order valence-corrected chi connectivity index (χ2v) is 6.12. The third kappa shape index (κ3) is 3.93. The number of ether oxygens (including phenoxy) is 1. The predicted molar refractivity (Wildman–Crippen MR) is 91.8 cm³/mol. The second kappa shape index (κ2) is 7.75. The molecule has 0 radical (unpaired) electrons. The first-order valence-corrected chi connectivity index (χ1v) is 8.25. The molecule has 2 N–H and O–H groups in total. The molecule has 4 nitrogen and oxygen atoms in total. The Labute approximate surface area is 141 Å². The smallest absolute Gasteiger partial charge is 0.165 e. The van der Waals surface area contributed by atoms with E-state index in [0.717, 1.165) is 25.1 Å². The first kappa shape index (κ1) is 16.9. The summed E-state index contributed by atoms with van der Waals surface area (Å²) in [5.41, 5.74) is 2.30. The van der Waals surface area contributed by atoms with Gasteiger partial charge >= 0.3 is 0 Å². The van der Waals surface area contributed by atoms with Crippen LogP contribution in [-0.2, 0) is 13.0 Å². The normalized spacial score (nSPS) is 15.8. The molecule has 1 unspecified atom stereocenters. The molecule has 0 spiro atoms. The van der Waals surface area contributed by atoms with Crippen LogP contribution < -0.4 is 10.1 Å². The molecule has 0 saturated heterocycles. The maximum atomic E-state index is 13.8. The summed E-state index contributed by atoms with van der Waals surface area (Å²) in [6.45, 7) is 2.84. The van der Waals surface area contributed by atoms with Crippen molar-refractivity contribution < 1.29 is 14.2 Å². The number of aliphatic hydroxyl groups is 1. The monoisotopic (exact) mass is 330 g/mol. The van der Waals surface area contributed by atoms with Crippen molar-refractivity contribution in [2.45, 2.75) is 19.1 Å². The van der Waals surface area contributed by atoms with Gasteiger partial charge in [-0.15, -0.1) is 0 Å². The molecule has 1 aliphatic rings. The lowest BCUT2D eigenvalue weighted by Crippen LogP contribution is -2.40. The molecule has 0 amide bonds. The Balaban J connectivity index is 1.74. The highest BCUT2D eigenvalue weighted by atomic mass is 19.1. The number of hydrogen-bond acceptors (Lipinski definition) is 4. The van der Waals surface area contributed by atoms with Crippen LogP contribution in [0.2, 0.25) is 0 Å². The van der Waals surface area contributed by atoms with Gasteiger partial charge in [-0.1, -0.05) is 24.3 Å². The van der Waals surface area contributed by atoms with Crippen molar-refractivity contribution >= 4 is 0 Å². The van der Waals surface area contributed by atoms with E-state index in [0.29, 0.717) is 18.8 Å². The number of halogens is 1. The van der Waals surface area contributed by atoms with Crippen LogP contribution in [0.25, 0.3) is 0 Å². The summed E-state index contributed by atoms with van der Waals surface area (Å²) in [5, 5.41) is 12.9. The lowest BCUT2D eigenvalue weighted by atomic mass is 9.98. The van der Waals surface area contributed by atoms with E-state index < -0.39 is 0 Å². The second-order valence-electron chi connectivity index (χ2n) is 6.12. The zero-order valence-electron chi connectivity index (χ0n) is 13.8. The van der Waals surface area contributed by atoms with Gasteiger partial charge in [0, 0.05) is 31.7 Å². The molecule has 128 valence electrons. The molecular formula is C19H23FN2O2. The molecule has 0 fully saturated rings. The number of nitrogens with zero attached hydrogens (tertiary/aromatic N) is 1. The summed E-state index contributed by atoms with van der Waals surface area (Å²) in [4.78, 5) is 2.23. The quantitative estimate of drug-likeness (QED) is 0.854. The summed E-state index contributed by atoms with van der Waals surface area (Å²) < 4.78 is 19.6. The molecule has 5 heteroatoms. The number of fused-ring (bicyclic) bond motifs is 1. The third-order valence-electron chi connectivity index (χ3n) is 4.27. The summed E-state index contributed by atoms with van der Waals surface area (Å²) in [5.74, 6) is 0.605. The van der Waals surface area contributed by atoms with Gasteiger partial charge in [-0.2, -0.15) is 0 Å². The lowest BCUT2D eigenvalue weighted by Gasteiger charge is -2.31. The van der Waals surface area contributed by atoms with Crippen LogP contribution in [0, 0.1) is 5.82 Å². The molecular weight excluding hydrogens is 307 g/mol. The summed E-state index contributed by atoms with van der Waals surface area (Å²) in [6, 6.07) is 12.3. The van der Waals surface area contributed by atoms with Crippen molar-refractivity contribution in [2.24, 2.45) is 0 Å². The van der Waals surface area contributed by atoms with Gasteiger partial charge in [0.1, 0.15) is 5.75 Å². The number of β-amino-alcohol motifs (C(OH)–C–C–N with tert-alkyl or cyclic N) is 1. The van der Waals surface area contributed by atoms with Crippen molar-refractivity contribution in [3.05, 3.63) is 59.4 Å². The fourth-order valence-electron chi connectivity index (χ4n) is 3.13. The Morgan fingerprint density at radius 2 is 2.00 bits per heavy atom. The standard InChI is InChI=1S/C19H23FN2O2/c1-21-11-15(23)13-22-10-9-16-14(12-22)5-4-8-18(16)24-19-7-3-2-6-17(19)20/h2-8,15,21,23H,9-13H2,1H3. The Morgan fingerprint density at radius 3 is 2.79 bits per heavy atom. The number of hydrogen-bond donors (Lipinski definition) is 2. The largest absolute Gasteiger partial charge is 0.454 e. The van der Waals surface area contributed by atoms with E-state index in [1.807, 2.05) is 19.2 Å². The van der Waals surface area contributed by atoms with Gasteiger partial charge in [-0.25, -0.2) is 4.39 Å². The number of likely N-dealkylation sites (N-methyl/N-ethyl adjacent to an activating group) is 1. The highest BCUT2D eigenvalue weighted by Crippen LogP contribution is 2.32. The predicted octanol–water partition coefficient (Wildman–Crippen LogP) is 2.56. The number of para-hydroxylation sites is 1. The van der Waals surface area contributed by atoms with Crippen molar-refractivity contribution in [2.75, 3.05) is 26.7 Å². The van der Waals surface area contributed by atoms with Gasteiger partial charge in [0.25, 0.3) is 0 Å². The average molecular weight is 330 g/mol. The molecule has 1 aliphatic heterocycles. The molecule has 0 aliphatic carbocycles. The van der Waals surface area contributed by atoms with E-state index in [1.165, 1.54) is 11.6 Å². The van der Waals surface area contributed by atoms with Crippen LogP contribution >= 0.6 is 0 Å². The molecule has 1 heterocycles. The molecule has 0 bridgehead atoms. The Hall–Kier alpha value is -1.95. The molecule has 24 heavy (non-hydrogen) atoms. The van der Waals surface area contributed by atoms with E-state index in [-0.39, 0.29) is 17.7 Å². The molecule has 0 aromatic heterocycles. The summed E-state index contributed by atoms with van der Waals surface area (Å²) >= 11 is 0. The van der Waals surface area contributed by atoms with Crippen LogP contribution in [0.4, 0.5) is 4.39 Å². The highest BCUT2D eigenvalue weighted by Gasteiger charge is 2.21. The minimum absolute atomic E-state index is 0.248. The van der Waals surface area contributed by atoms with Gasteiger partial charge in [0.2, 0.25) is 0 Å². The van der Waals surface area contributed by atoms with Gasteiger partial charge in [0.05, 0.1) is 6.10 Å². The van der Waals surface area contributed by atoms with E-state index >= 15 is 0 Å². The molecule has 2 aromatic rings. The van der Waals surface area contributed by atoms with Gasteiger partial charge < -0.3 is 15.2 Å². The number of rotatable bonds is 6. The van der Waals surface area contributed by atoms with Gasteiger partial charge in [-0.3, -0.25) is 4.90 Å². The van der Waals surface area contributed by atoms with Crippen LogP contribution in [0.15, 0.2) is 42.5 Å². The van der Waals surface area contributed by atoms with Gasteiger partial charge in [-0.05, 0) is 37.2 Å². The summed E-state index contributed by atoms with van der Waals surface area (Å²) in [7, 11) is 1.83. The molecule has 1 atom stereocenters. The fourth-order valence-corrected chi connectivity index (χ4v) is 3.13. The Morgan fingerprint density at radius 1 is 1.21 bits per heavy atom. The SMILES string of the molecule is CNCC(O)CN1CCc2c(cccc2Oc2ccccc2F)C1. The highest BCUT2D eigenvalue weighted by molar-refractivity contribution is 5.44. The minimum atomic E-state index is -0.380. The van der Waals surface area contributed by atoms with E-state index in [9.17, 15) is 9.50 Å². The van der Waals surface area contributed by atoms with E-state index in [2.05, 4.69) is 16.3 Å². The Bertz CT molecular complexity index is 693. The van der Waals surface area contributed by atoms with E-state index in [4.69, 9.17) is 4.74 Å². The lowest BCUT2D eigenvalue weighted by molar-refractivity contribution is 0.106. The topological polar surface area (TPSA) is 44.7 Å². The summed E-state index contributed by atoms with van der Waals surface area (Å²) in [6.07, 6.45) is 0.445. The molecule has 3 rings (SSSR count). The maximum Gasteiger partial charge on any atom is 0.165 e. The van der Waals surface area contributed by atoms with Crippen LogP contribution in [-0.4, -0.2) is 42.8 Å². The average Bonchev–Trinajstić information content (AvgIpc) is 2.57. The van der Waals surface area contributed by atoms with Crippen LogP contribution in [0.1, 0.15) is 11.1 Å². The van der Waals surface area contributed by atoms with Crippen LogP contribution in [0.5, 0.6) is 11.5 Å². The van der Waals surface area contributed by atoms with E-state index in [1.54, 1.807) is 18.2 Å². The number of benzene rings is 2. The Kier molecular flexibility index (Phi) is 5.45. The zero-order chi connectivity index (χ0) is 16.9. The van der Waals surface area contributed by atoms with Crippen molar-refractivity contribution in [1.29, 1.82) is 0 Å². The zero-order valence-corrected chi connectivity index (χ0v) is 13.8. The van der Waals surface area contributed by atoms with Crippen LogP contribution in [0.3, 0.4) is 0 Å². The maximum absolute atomic E-state index is 13.8. The molecule has 0 saturated carbocycles.